The van der Waals surface area contributed by atoms with Gasteiger partial charge in [-0.25, -0.2) is 0 Å². The Morgan fingerprint density at radius 3 is 2.45 bits per heavy atom. The fourth-order valence-electron chi connectivity index (χ4n) is 0.756. The largest absolute Gasteiger partial charge is 0.359 e. The maximum atomic E-state index is 10.8. The Morgan fingerprint density at radius 2 is 2.09 bits per heavy atom. The number of carbonyl (C=O) groups is 1. The van der Waals surface area contributed by atoms with E-state index >= 15 is 0 Å². The van der Waals surface area contributed by atoms with Crippen molar-refractivity contribution >= 4 is 5.91 Å². The molecule has 0 fully saturated rings. The van der Waals surface area contributed by atoms with Crippen molar-refractivity contribution in [2.75, 3.05) is 7.05 Å². The van der Waals surface area contributed by atoms with E-state index in [4.69, 9.17) is 5.73 Å². The number of amides is 1. The third-order valence-electron chi connectivity index (χ3n) is 1.84. The summed E-state index contributed by atoms with van der Waals surface area (Å²) < 4.78 is 0. The summed E-state index contributed by atoms with van der Waals surface area (Å²) in [6.45, 7) is 4.13. The van der Waals surface area contributed by atoms with Crippen LogP contribution in [0.5, 0.6) is 0 Å². The molecule has 0 bridgehead atoms. The highest BCUT2D eigenvalue weighted by Gasteiger charge is 2.08. The predicted molar refractivity (Wildman–Crippen MR) is 46.1 cm³/mol. The zero-order valence-electron chi connectivity index (χ0n) is 7.55. The highest BCUT2D eigenvalue weighted by Crippen LogP contribution is 2.04. The Kier molecular flexibility index (Phi) is 4.86. The van der Waals surface area contributed by atoms with Crippen LogP contribution in [-0.2, 0) is 4.79 Å². The van der Waals surface area contributed by atoms with Crippen LogP contribution >= 0.6 is 0 Å². The van der Waals surface area contributed by atoms with Crippen LogP contribution in [0.15, 0.2) is 0 Å². The van der Waals surface area contributed by atoms with Crippen LogP contribution in [0.1, 0.15) is 26.7 Å². The molecule has 0 saturated carbocycles. The summed E-state index contributed by atoms with van der Waals surface area (Å²) in [5.74, 6) is 0.528. The predicted octanol–water partition coefficient (Wildman–Crippen LogP) is 0.496. The lowest BCUT2D eigenvalue weighted by Gasteiger charge is -2.14. The summed E-state index contributed by atoms with van der Waals surface area (Å²) in [6, 6.07) is 0.146. The standard InChI is InChI=1S/C8H18N2O/c1-6(2)7(9)4-5-8(11)10-3/h6-7H,4-5,9H2,1-3H3,(H,10,11). The lowest BCUT2D eigenvalue weighted by Crippen LogP contribution is -2.29. The van der Waals surface area contributed by atoms with Crippen molar-refractivity contribution in [1.29, 1.82) is 0 Å². The van der Waals surface area contributed by atoms with Crippen LogP contribution in [-0.4, -0.2) is 19.0 Å². The number of carbonyl (C=O) groups excluding carboxylic acids is 1. The second-order valence-electron chi connectivity index (χ2n) is 3.12. The second kappa shape index (κ2) is 5.13. The van der Waals surface area contributed by atoms with Crippen LogP contribution in [0, 0.1) is 5.92 Å². The minimum Gasteiger partial charge on any atom is -0.359 e. The molecule has 0 heterocycles. The molecule has 1 amide bonds. The zero-order chi connectivity index (χ0) is 8.85. The topological polar surface area (TPSA) is 55.1 Å². The number of rotatable bonds is 4. The zero-order valence-corrected chi connectivity index (χ0v) is 7.55. The Bertz CT molecular complexity index is 123. The maximum absolute atomic E-state index is 10.8. The van der Waals surface area contributed by atoms with E-state index in [1.807, 2.05) is 0 Å². The molecule has 66 valence electrons. The molecule has 0 radical (unpaired) electrons. The SMILES string of the molecule is CNC(=O)CCC(N)C(C)C. The number of hydrogen-bond acceptors (Lipinski definition) is 2. The molecule has 3 N–H and O–H groups in total. The fraction of sp³-hybridized carbons (Fsp3) is 0.875. The van der Waals surface area contributed by atoms with Gasteiger partial charge in [-0.05, 0) is 12.3 Å². The average molecular weight is 158 g/mol. The minimum absolute atomic E-state index is 0.0705. The monoisotopic (exact) mass is 158 g/mol. The van der Waals surface area contributed by atoms with Gasteiger partial charge in [0.05, 0.1) is 0 Å². The molecule has 0 aliphatic heterocycles. The number of nitrogens with two attached hydrogens (primary N) is 1. The van der Waals surface area contributed by atoms with Crippen molar-refractivity contribution in [2.45, 2.75) is 32.7 Å². The molecule has 0 rings (SSSR count). The maximum Gasteiger partial charge on any atom is 0.219 e. The smallest absolute Gasteiger partial charge is 0.219 e. The van der Waals surface area contributed by atoms with Crippen molar-refractivity contribution in [3.05, 3.63) is 0 Å². The summed E-state index contributed by atoms with van der Waals surface area (Å²) in [6.07, 6.45) is 1.31. The molecular formula is C8H18N2O. The van der Waals surface area contributed by atoms with Gasteiger partial charge in [0, 0.05) is 19.5 Å². The van der Waals surface area contributed by atoms with Gasteiger partial charge in [-0.2, -0.15) is 0 Å². The van der Waals surface area contributed by atoms with Crippen molar-refractivity contribution in [2.24, 2.45) is 11.7 Å². The first-order chi connectivity index (χ1) is 5.07. The van der Waals surface area contributed by atoms with Gasteiger partial charge in [0.25, 0.3) is 0 Å². The molecule has 0 aliphatic rings. The van der Waals surface area contributed by atoms with E-state index < -0.39 is 0 Å². The summed E-state index contributed by atoms with van der Waals surface area (Å²) >= 11 is 0. The lowest BCUT2D eigenvalue weighted by molar-refractivity contribution is -0.120. The van der Waals surface area contributed by atoms with E-state index in [0.717, 1.165) is 6.42 Å². The van der Waals surface area contributed by atoms with Gasteiger partial charge in [-0.1, -0.05) is 13.8 Å². The van der Waals surface area contributed by atoms with E-state index in [1.165, 1.54) is 0 Å². The molecule has 0 spiro atoms. The van der Waals surface area contributed by atoms with E-state index in [0.29, 0.717) is 12.3 Å². The van der Waals surface area contributed by atoms with Gasteiger partial charge in [0.2, 0.25) is 5.91 Å². The summed E-state index contributed by atoms with van der Waals surface area (Å²) in [5.41, 5.74) is 5.74. The molecule has 3 heteroatoms. The van der Waals surface area contributed by atoms with Gasteiger partial charge in [0.15, 0.2) is 0 Å². The lowest BCUT2D eigenvalue weighted by atomic mass is 10.0. The Hall–Kier alpha value is -0.570. The highest BCUT2D eigenvalue weighted by atomic mass is 16.1. The van der Waals surface area contributed by atoms with Crippen molar-refractivity contribution in [1.82, 2.24) is 5.32 Å². The van der Waals surface area contributed by atoms with Crippen molar-refractivity contribution in [3.63, 3.8) is 0 Å². The average Bonchev–Trinajstić information content (AvgIpc) is 1.99. The van der Waals surface area contributed by atoms with Gasteiger partial charge in [0.1, 0.15) is 0 Å². The minimum atomic E-state index is 0.0705. The Morgan fingerprint density at radius 1 is 1.55 bits per heavy atom. The molecule has 1 unspecified atom stereocenters. The van der Waals surface area contributed by atoms with Gasteiger partial charge < -0.3 is 11.1 Å². The molecular weight excluding hydrogens is 140 g/mol. The van der Waals surface area contributed by atoms with E-state index in [1.54, 1.807) is 7.05 Å². The highest BCUT2D eigenvalue weighted by molar-refractivity contribution is 5.75. The Balaban J connectivity index is 3.45. The second-order valence-corrected chi connectivity index (χ2v) is 3.12. The van der Waals surface area contributed by atoms with Gasteiger partial charge in [-0.15, -0.1) is 0 Å². The third-order valence-corrected chi connectivity index (χ3v) is 1.84. The molecule has 3 nitrogen and oxygen atoms in total. The third kappa shape index (κ3) is 4.79. The summed E-state index contributed by atoms with van der Waals surface area (Å²) in [4.78, 5) is 10.8. The molecule has 11 heavy (non-hydrogen) atoms. The normalized spacial score (nSPS) is 13.2. The van der Waals surface area contributed by atoms with Crippen molar-refractivity contribution in [3.8, 4) is 0 Å². The van der Waals surface area contributed by atoms with Crippen molar-refractivity contribution < 1.29 is 4.79 Å². The van der Waals surface area contributed by atoms with Gasteiger partial charge >= 0.3 is 0 Å². The van der Waals surface area contributed by atoms with Crippen LogP contribution in [0.3, 0.4) is 0 Å². The van der Waals surface area contributed by atoms with E-state index in [2.05, 4.69) is 19.2 Å². The first-order valence-corrected chi connectivity index (χ1v) is 4.04. The number of nitrogens with one attached hydrogen (secondary N) is 1. The number of hydrogen-bond donors (Lipinski definition) is 2. The van der Waals surface area contributed by atoms with E-state index in [9.17, 15) is 4.79 Å². The summed E-state index contributed by atoms with van der Waals surface area (Å²) in [7, 11) is 1.64. The van der Waals surface area contributed by atoms with Crippen LogP contribution in [0.2, 0.25) is 0 Å². The first-order valence-electron chi connectivity index (χ1n) is 4.04. The molecule has 0 aromatic carbocycles. The molecule has 0 aromatic rings. The molecule has 0 aromatic heterocycles. The first kappa shape index (κ1) is 10.4. The summed E-state index contributed by atoms with van der Waals surface area (Å²) in [5, 5.41) is 2.56. The molecule has 1 atom stereocenters. The Labute approximate surface area is 68.3 Å². The molecule has 0 saturated heterocycles. The van der Waals surface area contributed by atoms with Crippen LogP contribution < -0.4 is 11.1 Å². The molecule has 0 aliphatic carbocycles. The van der Waals surface area contributed by atoms with Crippen LogP contribution in [0.25, 0.3) is 0 Å². The van der Waals surface area contributed by atoms with E-state index in [-0.39, 0.29) is 11.9 Å². The quantitative estimate of drug-likeness (QED) is 0.626. The fourth-order valence-corrected chi connectivity index (χ4v) is 0.756. The van der Waals surface area contributed by atoms with Gasteiger partial charge in [-0.3, -0.25) is 4.79 Å². The van der Waals surface area contributed by atoms with Crippen LogP contribution in [0.4, 0.5) is 0 Å².